The van der Waals surface area contributed by atoms with Gasteiger partial charge in [0.15, 0.2) is 0 Å². The van der Waals surface area contributed by atoms with Crippen molar-refractivity contribution in [2.45, 2.75) is 68.4 Å². The number of aliphatic hydroxyl groups excluding tert-OH is 1. The van der Waals surface area contributed by atoms with E-state index in [0.717, 1.165) is 11.1 Å². The van der Waals surface area contributed by atoms with Gasteiger partial charge in [-0.3, -0.25) is 19.7 Å². The lowest BCUT2D eigenvalue weighted by Gasteiger charge is -2.26. The Labute approximate surface area is 217 Å². The van der Waals surface area contributed by atoms with Gasteiger partial charge in [0, 0.05) is 11.3 Å². The van der Waals surface area contributed by atoms with Gasteiger partial charge in [-0.1, -0.05) is 67.6 Å². The van der Waals surface area contributed by atoms with Crippen molar-refractivity contribution >= 4 is 29.5 Å². The van der Waals surface area contributed by atoms with Crippen LogP contribution in [0, 0.1) is 0 Å². The van der Waals surface area contributed by atoms with Gasteiger partial charge in [-0.25, -0.2) is 0 Å². The Hall–Kier alpha value is -2.88. The lowest BCUT2D eigenvalue weighted by atomic mass is 10.0. The Morgan fingerprint density at radius 1 is 1.00 bits per heavy atom. The number of hydrogen-bond acceptors (Lipinski definition) is 6. The van der Waals surface area contributed by atoms with E-state index in [0.29, 0.717) is 13.0 Å². The van der Waals surface area contributed by atoms with Gasteiger partial charge in [-0.15, -0.1) is 11.8 Å². The third-order valence-corrected chi connectivity index (χ3v) is 7.70. The average molecular weight is 513 g/mol. The number of carbonyl (C=O) groups excluding carboxylic acids is 3. The summed E-state index contributed by atoms with van der Waals surface area (Å²) in [6.07, 6.45) is 0.745. The summed E-state index contributed by atoms with van der Waals surface area (Å²) in [4.78, 5) is 39.3. The van der Waals surface area contributed by atoms with Gasteiger partial charge in [0.05, 0.1) is 24.4 Å². The van der Waals surface area contributed by atoms with Gasteiger partial charge in [0.25, 0.3) is 0 Å². The van der Waals surface area contributed by atoms with Crippen LogP contribution >= 0.6 is 11.8 Å². The lowest BCUT2D eigenvalue weighted by molar-refractivity contribution is -0.129. The molecule has 3 amide bonds. The van der Waals surface area contributed by atoms with Crippen molar-refractivity contribution < 1.29 is 19.5 Å². The number of thioether (sulfide) groups is 1. The molecule has 0 bridgehead atoms. The topological polar surface area (TPSA) is 120 Å². The molecule has 36 heavy (non-hydrogen) atoms. The first-order chi connectivity index (χ1) is 17.2. The summed E-state index contributed by atoms with van der Waals surface area (Å²) in [6.45, 7) is 5.93. The zero-order valence-electron chi connectivity index (χ0n) is 21.0. The molecule has 0 saturated carbocycles. The Kier molecular flexibility index (Phi) is 9.92. The fourth-order valence-electron chi connectivity index (χ4n) is 4.09. The van der Waals surface area contributed by atoms with E-state index >= 15 is 0 Å². The fraction of sp³-hybridized carbons (Fsp3) is 0.444. The molecule has 0 spiro atoms. The Balaban J connectivity index is 1.75. The van der Waals surface area contributed by atoms with E-state index in [9.17, 15) is 19.5 Å². The van der Waals surface area contributed by atoms with Crippen LogP contribution < -0.4 is 21.3 Å². The molecule has 4 atom stereocenters. The van der Waals surface area contributed by atoms with Crippen LogP contribution in [0.15, 0.2) is 60.7 Å². The van der Waals surface area contributed by atoms with Crippen molar-refractivity contribution in [1.82, 2.24) is 21.3 Å². The molecule has 0 unspecified atom stereocenters. The molecule has 5 N–H and O–H groups in total. The lowest BCUT2D eigenvalue weighted by Crippen LogP contribution is -2.58. The van der Waals surface area contributed by atoms with Crippen LogP contribution in [0.4, 0.5) is 0 Å². The van der Waals surface area contributed by atoms with Crippen LogP contribution in [0.1, 0.15) is 38.3 Å². The molecule has 1 saturated heterocycles. The van der Waals surface area contributed by atoms with E-state index in [4.69, 9.17) is 0 Å². The maximum Gasteiger partial charge on any atom is 0.245 e. The molecular formula is C27H36N4O4S. The molecule has 2 aromatic carbocycles. The van der Waals surface area contributed by atoms with E-state index in [1.807, 2.05) is 81.4 Å². The number of hydrogen-bond donors (Lipinski definition) is 5. The van der Waals surface area contributed by atoms with E-state index in [1.165, 1.54) is 11.8 Å². The molecule has 9 heteroatoms. The van der Waals surface area contributed by atoms with Crippen LogP contribution in [0.25, 0.3) is 0 Å². The largest absolute Gasteiger partial charge is 0.394 e. The standard InChI is InChI=1S/C27H36N4O4S/c1-4-20(17-32)29-25(35)23-27(2,3)36-26(31-23)22(24(34)28-16-19-13-9-6-10-14-19)30-21(33)15-18-11-7-5-8-12-18/h5-14,20,22-23,26,31-32H,4,15-17H2,1-3H3,(H,28,34)(H,29,35)(H,30,33)/t20-,22-,23+,26-/m1/s1. The minimum Gasteiger partial charge on any atom is -0.394 e. The van der Waals surface area contributed by atoms with Gasteiger partial charge >= 0.3 is 0 Å². The molecule has 1 heterocycles. The number of carbonyl (C=O) groups is 3. The number of nitrogens with one attached hydrogen (secondary N) is 4. The van der Waals surface area contributed by atoms with Crippen LogP contribution in [0.2, 0.25) is 0 Å². The molecule has 1 fully saturated rings. The van der Waals surface area contributed by atoms with Crippen LogP contribution in [-0.2, 0) is 27.3 Å². The third kappa shape index (κ3) is 7.56. The summed E-state index contributed by atoms with van der Waals surface area (Å²) in [6, 6.07) is 17.0. The second-order valence-corrected chi connectivity index (χ2v) is 11.2. The van der Waals surface area contributed by atoms with Crippen molar-refractivity contribution in [3.05, 3.63) is 71.8 Å². The van der Waals surface area contributed by atoms with Crippen molar-refractivity contribution in [2.24, 2.45) is 0 Å². The summed E-state index contributed by atoms with van der Waals surface area (Å²) in [5, 5.41) is 20.9. The zero-order chi connectivity index (χ0) is 26.1. The molecule has 0 aromatic heterocycles. The Morgan fingerprint density at radius 2 is 1.61 bits per heavy atom. The minimum atomic E-state index is -0.896. The molecule has 8 nitrogen and oxygen atoms in total. The zero-order valence-corrected chi connectivity index (χ0v) is 21.8. The summed E-state index contributed by atoms with van der Waals surface area (Å²) in [5.41, 5.74) is 1.79. The first kappa shape index (κ1) is 27.7. The quantitative estimate of drug-likeness (QED) is 0.313. The predicted molar refractivity (Wildman–Crippen MR) is 142 cm³/mol. The molecule has 2 aromatic rings. The highest BCUT2D eigenvalue weighted by Gasteiger charge is 2.49. The third-order valence-electron chi connectivity index (χ3n) is 6.20. The highest BCUT2D eigenvalue weighted by atomic mass is 32.2. The first-order valence-corrected chi connectivity index (χ1v) is 13.1. The molecule has 194 valence electrons. The maximum atomic E-state index is 13.3. The van der Waals surface area contributed by atoms with E-state index < -0.39 is 22.2 Å². The van der Waals surface area contributed by atoms with Gasteiger partial charge in [0.1, 0.15) is 12.1 Å². The summed E-state index contributed by atoms with van der Waals surface area (Å²) < 4.78 is -0.551. The number of rotatable bonds is 11. The van der Waals surface area contributed by atoms with Crippen molar-refractivity contribution in [2.75, 3.05) is 6.61 Å². The molecule has 3 rings (SSSR count). The Morgan fingerprint density at radius 3 is 2.19 bits per heavy atom. The smallest absolute Gasteiger partial charge is 0.245 e. The number of amides is 3. The fourth-order valence-corrected chi connectivity index (χ4v) is 5.59. The molecular weight excluding hydrogens is 476 g/mol. The first-order valence-electron chi connectivity index (χ1n) is 12.2. The van der Waals surface area contributed by atoms with Crippen LogP contribution in [-0.4, -0.2) is 57.7 Å². The number of benzene rings is 2. The monoisotopic (exact) mass is 512 g/mol. The van der Waals surface area contributed by atoms with Gasteiger partial charge in [-0.05, 0) is 31.4 Å². The van der Waals surface area contributed by atoms with Crippen molar-refractivity contribution in [3.63, 3.8) is 0 Å². The highest BCUT2D eigenvalue weighted by molar-refractivity contribution is 8.01. The van der Waals surface area contributed by atoms with Crippen molar-refractivity contribution in [1.29, 1.82) is 0 Å². The Bertz CT molecular complexity index is 1010. The second-order valence-electron chi connectivity index (χ2n) is 9.45. The minimum absolute atomic E-state index is 0.142. The van der Waals surface area contributed by atoms with E-state index in [-0.39, 0.29) is 36.8 Å². The van der Waals surface area contributed by atoms with E-state index in [2.05, 4.69) is 21.3 Å². The normalized spacial score (nSPS) is 20.2. The SMILES string of the molecule is CC[C@H](CO)NC(=O)[C@@H]1N[C@@H]([C@H](NC(=O)Cc2ccccc2)C(=O)NCc2ccccc2)SC1(C)C. The van der Waals surface area contributed by atoms with Gasteiger partial charge in [0.2, 0.25) is 17.7 Å². The molecule has 1 aliphatic heterocycles. The maximum absolute atomic E-state index is 13.3. The van der Waals surface area contributed by atoms with Crippen LogP contribution in [0.5, 0.6) is 0 Å². The average Bonchev–Trinajstić information content (AvgIpc) is 3.20. The highest BCUT2D eigenvalue weighted by Crippen LogP contribution is 2.39. The predicted octanol–water partition coefficient (Wildman–Crippen LogP) is 1.73. The van der Waals surface area contributed by atoms with Gasteiger partial charge in [-0.2, -0.15) is 0 Å². The van der Waals surface area contributed by atoms with Crippen LogP contribution in [0.3, 0.4) is 0 Å². The summed E-state index contributed by atoms with van der Waals surface area (Å²) >= 11 is 1.44. The summed E-state index contributed by atoms with van der Waals surface area (Å²) in [5.74, 6) is -0.848. The van der Waals surface area contributed by atoms with Crippen molar-refractivity contribution in [3.8, 4) is 0 Å². The van der Waals surface area contributed by atoms with Gasteiger partial charge < -0.3 is 21.1 Å². The second kappa shape index (κ2) is 12.9. The summed E-state index contributed by atoms with van der Waals surface area (Å²) in [7, 11) is 0. The molecule has 1 aliphatic rings. The van der Waals surface area contributed by atoms with E-state index in [1.54, 1.807) is 0 Å². The number of aliphatic hydroxyl groups is 1. The molecule has 0 aliphatic carbocycles. The molecule has 0 radical (unpaired) electrons.